The van der Waals surface area contributed by atoms with E-state index in [1.807, 2.05) is 10.7 Å². The molecule has 1 aliphatic carbocycles. The second-order valence-corrected chi connectivity index (χ2v) is 5.14. The second-order valence-electron chi connectivity index (χ2n) is 4.10. The number of tetrazole rings is 1. The van der Waals surface area contributed by atoms with Gasteiger partial charge in [-0.25, -0.2) is 4.68 Å². The van der Waals surface area contributed by atoms with E-state index in [9.17, 15) is 0 Å². The maximum atomic E-state index is 8.64. The monoisotopic (exact) mass is 277 g/mol. The van der Waals surface area contributed by atoms with Crippen LogP contribution in [0.1, 0.15) is 24.6 Å². The van der Waals surface area contributed by atoms with Crippen LogP contribution in [0.5, 0.6) is 0 Å². The van der Waals surface area contributed by atoms with E-state index in [1.54, 1.807) is 12.3 Å². The van der Waals surface area contributed by atoms with Gasteiger partial charge in [0.05, 0.1) is 6.04 Å². The van der Waals surface area contributed by atoms with Gasteiger partial charge in [-0.3, -0.25) is 4.98 Å². The highest BCUT2D eigenvalue weighted by Gasteiger charge is 2.28. The van der Waals surface area contributed by atoms with E-state index < -0.39 is 0 Å². The third-order valence-corrected chi connectivity index (χ3v) is 3.61. The molecule has 19 heavy (non-hydrogen) atoms. The van der Waals surface area contributed by atoms with Gasteiger partial charge in [-0.15, -0.1) is 5.10 Å². The highest BCUT2D eigenvalue weighted by molar-refractivity contribution is 7.99. The van der Waals surface area contributed by atoms with E-state index in [0.29, 0.717) is 11.7 Å². The molecule has 8 nitrogen and oxygen atoms in total. The molecule has 0 saturated heterocycles. The predicted molar refractivity (Wildman–Crippen MR) is 67.0 cm³/mol. The van der Waals surface area contributed by atoms with Crippen LogP contribution < -0.4 is 5.73 Å². The largest absolute Gasteiger partial charge is 0.409 e. The van der Waals surface area contributed by atoms with Gasteiger partial charge in [0.25, 0.3) is 0 Å². The SMILES string of the molecule is NC(=NO)c1cc(Sc2nnnn2C2CC2)ccn1. The van der Waals surface area contributed by atoms with Gasteiger partial charge in [0.1, 0.15) is 5.69 Å². The maximum Gasteiger partial charge on any atom is 0.214 e. The van der Waals surface area contributed by atoms with Crippen molar-refractivity contribution in [1.29, 1.82) is 0 Å². The van der Waals surface area contributed by atoms with Gasteiger partial charge in [-0.2, -0.15) is 0 Å². The maximum absolute atomic E-state index is 8.64. The van der Waals surface area contributed by atoms with Crippen LogP contribution in [0, 0.1) is 0 Å². The van der Waals surface area contributed by atoms with Gasteiger partial charge < -0.3 is 10.9 Å². The standard InChI is InChI=1S/C10H11N7OS/c11-9(14-18)8-5-7(3-4-12-8)19-10-13-15-16-17(10)6-1-2-6/h3-6,18H,1-2H2,(H2,11,14). The van der Waals surface area contributed by atoms with E-state index in [0.717, 1.165) is 22.9 Å². The lowest BCUT2D eigenvalue weighted by Crippen LogP contribution is -2.14. The Hall–Kier alpha value is -2.16. The Morgan fingerprint density at radius 1 is 1.53 bits per heavy atom. The molecule has 0 bridgehead atoms. The van der Waals surface area contributed by atoms with Crippen LogP contribution in [0.15, 0.2) is 33.5 Å². The first-order valence-corrected chi connectivity index (χ1v) is 6.49. The molecule has 98 valence electrons. The third kappa shape index (κ3) is 2.50. The van der Waals surface area contributed by atoms with Gasteiger partial charge in [-0.05, 0) is 47.2 Å². The van der Waals surface area contributed by atoms with Crippen LogP contribution in [-0.4, -0.2) is 36.2 Å². The normalized spacial score (nSPS) is 15.7. The molecule has 2 heterocycles. The van der Waals surface area contributed by atoms with Crippen molar-refractivity contribution in [3.63, 3.8) is 0 Å². The molecule has 0 aliphatic heterocycles. The molecular weight excluding hydrogens is 266 g/mol. The third-order valence-electron chi connectivity index (χ3n) is 2.67. The number of oxime groups is 1. The molecule has 1 fully saturated rings. The fourth-order valence-corrected chi connectivity index (χ4v) is 2.44. The first kappa shape index (κ1) is 11.9. The molecule has 3 rings (SSSR count). The summed E-state index contributed by atoms with van der Waals surface area (Å²) in [6.07, 6.45) is 3.83. The van der Waals surface area contributed by atoms with E-state index in [1.165, 1.54) is 11.8 Å². The molecule has 0 atom stereocenters. The Kier molecular flexibility index (Phi) is 3.03. The van der Waals surface area contributed by atoms with Crippen molar-refractivity contribution in [2.24, 2.45) is 10.9 Å². The number of pyridine rings is 1. The molecule has 9 heteroatoms. The smallest absolute Gasteiger partial charge is 0.214 e. The summed E-state index contributed by atoms with van der Waals surface area (Å²) in [7, 11) is 0. The van der Waals surface area contributed by atoms with Crippen molar-refractivity contribution in [2.75, 3.05) is 0 Å². The van der Waals surface area contributed by atoms with Gasteiger partial charge in [-0.1, -0.05) is 5.16 Å². The zero-order valence-corrected chi connectivity index (χ0v) is 10.7. The minimum absolute atomic E-state index is 0.0239. The fourth-order valence-electron chi connectivity index (χ4n) is 1.57. The Morgan fingerprint density at radius 2 is 2.37 bits per heavy atom. The van der Waals surface area contributed by atoms with Crippen molar-refractivity contribution in [3.05, 3.63) is 24.0 Å². The molecule has 1 aliphatic rings. The Balaban J connectivity index is 1.84. The lowest BCUT2D eigenvalue weighted by molar-refractivity contribution is 0.318. The average Bonchev–Trinajstić information content (AvgIpc) is 3.19. The highest BCUT2D eigenvalue weighted by atomic mass is 32.2. The van der Waals surface area contributed by atoms with Crippen molar-refractivity contribution in [2.45, 2.75) is 28.9 Å². The summed E-state index contributed by atoms with van der Waals surface area (Å²) in [6, 6.07) is 3.97. The van der Waals surface area contributed by atoms with Gasteiger partial charge in [0, 0.05) is 11.1 Å². The highest BCUT2D eigenvalue weighted by Crippen LogP contribution is 2.37. The number of nitrogens with two attached hydrogens (primary N) is 1. The van der Waals surface area contributed by atoms with Crippen molar-refractivity contribution in [1.82, 2.24) is 25.2 Å². The molecular formula is C10H11N7OS. The topological polar surface area (TPSA) is 115 Å². The fraction of sp³-hybridized carbons (Fsp3) is 0.300. The summed E-state index contributed by atoms with van der Waals surface area (Å²) in [5.74, 6) is -0.0239. The predicted octanol–water partition coefficient (Wildman–Crippen LogP) is 0.649. The molecule has 0 aromatic carbocycles. The second kappa shape index (κ2) is 4.84. The van der Waals surface area contributed by atoms with Crippen LogP contribution >= 0.6 is 11.8 Å². The van der Waals surface area contributed by atoms with Crippen LogP contribution in [0.2, 0.25) is 0 Å². The number of nitrogens with zero attached hydrogens (tertiary/aromatic N) is 6. The van der Waals surface area contributed by atoms with Crippen molar-refractivity contribution >= 4 is 17.6 Å². The zero-order chi connectivity index (χ0) is 13.2. The van der Waals surface area contributed by atoms with E-state index in [4.69, 9.17) is 10.9 Å². The quantitative estimate of drug-likeness (QED) is 0.365. The molecule has 0 radical (unpaired) electrons. The van der Waals surface area contributed by atoms with Crippen LogP contribution in [0.3, 0.4) is 0 Å². The minimum Gasteiger partial charge on any atom is -0.409 e. The zero-order valence-electron chi connectivity index (χ0n) is 9.84. The lowest BCUT2D eigenvalue weighted by Gasteiger charge is -2.03. The number of aromatic nitrogens is 5. The van der Waals surface area contributed by atoms with Crippen molar-refractivity contribution < 1.29 is 5.21 Å². The molecule has 2 aromatic heterocycles. The molecule has 1 saturated carbocycles. The minimum atomic E-state index is -0.0239. The van der Waals surface area contributed by atoms with Gasteiger partial charge in [0.15, 0.2) is 5.84 Å². The summed E-state index contributed by atoms with van der Waals surface area (Å²) in [4.78, 5) is 4.90. The molecule has 0 spiro atoms. The number of hydrogen-bond donors (Lipinski definition) is 2. The summed E-state index contributed by atoms with van der Waals surface area (Å²) >= 11 is 1.43. The van der Waals surface area contributed by atoms with Crippen molar-refractivity contribution in [3.8, 4) is 0 Å². The van der Waals surface area contributed by atoms with Gasteiger partial charge in [0.2, 0.25) is 5.16 Å². The van der Waals surface area contributed by atoms with Crippen LogP contribution in [0.4, 0.5) is 0 Å². The summed E-state index contributed by atoms with van der Waals surface area (Å²) in [5.41, 5.74) is 5.92. The summed E-state index contributed by atoms with van der Waals surface area (Å²) in [6.45, 7) is 0. The van der Waals surface area contributed by atoms with E-state index in [2.05, 4.69) is 25.7 Å². The van der Waals surface area contributed by atoms with E-state index in [-0.39, 0.29) is 5.84 Å². The Labute approximate surface area is 112 Å². The summed E-state index contributed by atoms with van der Waals surface area (Å²) < 4.78 is 1.83. The molecule has 2 aromatic rings. The number of amidine groups is 1. The number of rotatable bonds is 4. The van der Waals surface area contributed by atoms with Gasteiger partial charge >= 0.3 is 0 Å². The Morgan fingerprint density at radius 3 is 3.11 bits per heavy atom. The average molecular weight is 277 g/mol. The Bertz CT molecular complexity index is 622. The number of hydrogen-bond acceptors (Lipinski definition) is 7. The van der Waals surface area contributed by atoms with Crippen LogP contribution in [-0.2, 0) is 0 Å². The molecule has 0 unspecified atom stereocenters. The molecule has 3 N–H and O–H groups in total. The first-order chi connectivity index (χ1) is 9.28. The van der Waals surface area contributed by atoms with Crippen LogP contribution in [0.25, 0.3) is 0 Å². The lowest BCUT2D eigenvalue weighted by atomic mass is 10.3. The first-order valence-electron chi connectivity index (χ1n) is 5.67. The van der Waals surface area contributed by atoms with E-state index >= 15 is 0 Å². The molecule has 0 amide bonds. The summed E-state index contributed by atoms with van der Waals surface area (Å²) in [5, 5.41) is 24.0.